The summed E-state index contributed by atoms with van der Waals surface area (Å²) in [5, 5.41) is 12.9. The van der Waals surface area contributed by atoms with Crippen molar-refractivity contribution in [3.05, 3.63) is 35.4 Å². The van der Waals surface area contributed by atoms with Crippen LogP contribution < -0.4 is 5.32 Å². The molecule has 1 unspecified atom stereocenters. The molecule has 0 aliphatic rings. The summed E-state index contributed by atoms with van der Waals surface area (Å²) in [6, 6.07) is 3.59. The third-order valence-corrected chi connectivity index (χ3v) is 3.23. The van der Waals surface area contributed by atoms with E-state index in [0.29, 0.717) is 6.54 Å². The highest BCUT2D eigenvalue weighted by Crippen LogP contribution is 2.21. The molecule has 1 rings (SSSR count). The number of benzene rings is 1. The van der Waals surface area contributed by atoms with Crippen LogP contribution in [0.15, 0.2) is 18.2 Å². The summed E-state index contributed by atoms with van der Waals surface area (Å²) in [6.07, 6.45) is -0.177. The minimum absolute atomic E-state index is 0.105. The van der Waals surface area contributed by atoms with Gasteiger partial charge in [0.15, 0.2) is 0 Å². The molecular weight excluding hydrogens is 236 g/mol. The van der Waals surface area contributed by atoms with Crippen LogP contribution in [0.25, 0.3) is 0 Å². The van der Waals surface area contributed by atoms with Crippen LogP contribution in [-0.2, 0) is 0 Å². The fourth-order valence-corrected chi connectivity index (χ4v) is 1.60. The van der Waals surface area contributed by atoms with Gasteiger partial charge in [0.05, 0.1) is 11.7 Å². The molecule has 0 fully saturated rings. The SMILES string of the molecule is CCC(C)(C)CNCC(O)c1c(F)cccc1F. The molecule has 4 heteroatoms. The minimum Gasteiger partial charge on any atom is -0.387 e. The first-order chi connectivity index (χ1) is 8.37. The van der Waals surface area contributed by atoms with Gasteiger partial charge in [-0.1, -0.05) is 26.8 Å². The van der Waals surface area contributed by atoms with E-state index in [1.54, 1.807) is 0 Å². The van der Waals surface area contributed by atoms with Gasteiger partial charge in [0, 0.05) is 13.1 Å². The van der Waals surface area contributed by atoms with E-state index in [0.717, 1.165) is 18.6 Å². The summed E-state index contributed by atoms with van der Waals surface area (Å²) in [4.78, 5) is 0. The molecule has 1 aromatic rings. The van der Waals surface area contributed by atoms with E-state index in [4.69, 9.17) is 0 Å². The van der Waals surface area contributed by atoms with Gasteiger partial charge in [0.1, 0.15) is 11.6 Å². The summed E-state index contributed by atoms with van der Waals surface area (Å²) >= 11 is 0. The zero-order valence-corrected chi connectivity index (χ0v) is 11.1. The molecule has 2 N–H and O–H groups in total. The van der Waals surface area contributed by atoms with Crippen molar-refractivity contribution in [2.24, 2.45) is 5.41 Å². The van der Waals surface area contributed by atoms with Gasteiger partial charge in [-0.05, 0) is 24.0 Å². The number of nitrogens with one attached hydrogen (secondary N) is 1. The maximum Gasteiger partial charge on any atom is 0.131 e. The maximum atomic E-state index is 13.4. The molecular formula is C14H21F2NO. The van der Waals surface area contributed by atoms with E-state index in [1.807, 2.05) is 0 Å². The Balaban J connectivity index is 2.58. The van der Waals surface area contributed by atoms with Crippen LogP contribution in [0.4, 0.5) is 8.78 Å². The second-order valence-corrected chi connectivity index (χ2v) is 5.30. The lowest BCUT2D eigenvalue weighted by molar-refractivity contribution is 0.159. The van der Waals surface area contributed by atoms with E-state index in [1.165, 1.54) is 6.07 Å². The van der Waals surface area contributed by atoms with E-state index in [9.17, 15) is 13.9 Å². The Morgan fingerprint density at radius 2 is 1.83 bits per heavy atom. The molecule has 0 saturated heterocycles. The first-order valence-electron chi connectivity index (χ1n) is 6.20. The molecule has 1 atom stereocenters. The van der Waals surface area contributed by atoms with Gasteiger partial charge in [0.25, 0.3) is 0 Å². The summed E-state index contributed by atoms with van der Waals surface area (Å²) < 4.78 is 26.8. The molecule has 0 amide bonds. The standard InChI is InChI=1S/C14H21F2NO/c1-4-14(2,3)9-17-8-12(18)13-10(15)6-5-7-11(13)16/h5-7,12,17-18H,4,8-9H2,1-3H3. The first kappa shape index (κ1) is 15.1. The maximum absolute atomic E-state index is 13.4. The third-order valence-electron chi connectivity index (χ3n) is 3.23. The lowest BCUT2D eigenvalue weighted by Gasteiger charge is -2.24. The number of rotatable bonds is 6. The second kappa shape index (κ2) is 6.25. The molecule has 0 aliphatic heterocycles. The fourth-order valence-electron chi connectivity index (χ4n) is 1.60. The normalized spacial score (nSPS) is 13.7. The quantitative estimate of drug-likeness (QED) is 0.821. The zero-order valence-electron chi connectivity index (χ0n) is 11.1. The highest BCUT2D eigenvalue weighted by Gasteiger charge is 2.19. The molecule has 2 nitrogen and oxygen atoms in total. The summed E-state index contributed by atoms with van der Waals surface area (Å²) in [7, 11) is 0. The number of halogens is 2. The Morgan fingerprint density at radius 3 is 2.33 bits per heavy atom. The van der Waals surface area contributed by atoms with Crippen LogP contribution in [-0.4, -0.2) is 18.2 Å². The fraction of sp³-hybridized carbons (Fsp3) is 0.571. The van der Waals surface area contributed by atoms with Crippen molar-refractivity contribution in [2.45, 2.75) is 33.3 Å². The number of aliphatic hydroxyl groups is 1. The number of aliphatic hydroxyl groups excluding tert-OH is 1. The van der Waals surface area contributed by atoms with Gasteiger partial charge in [0.2, 0.25) is 0 Å². The van der Waals surface area contributed by atoms with Gasteiger partial charge in [-0.3, -0.25) is 0 Å². The van der Waals surface area contributed by atoms with Crippen molar-refractivity contribution in [1.82, 2.24) is 5.32 Å². The van der Waals surface area contributed by atoms with Crippen molar-refractivity contribution in [3.63, 3.8) is 0 Å². The zero-order chi connectivity index (χ0) is 13.8. The molecule has 0 aromatic heterocycles. The van der Waals surface area contributed by atoms with Gasteiger partial charge in [-0.15, -0.1) is 0 Å². The van der Waals surface area contributed by atoms with Crippen molar-refractivity contribution in [2.75, 3.05) is 13.1 Å². The Kier molecular flexibility index (Phi) is 5.23. The van der Waals surface area contributed by atoms with E-state index in [2.05, 4.69) is 26.1 Å². The Morgan fingerprint density at radius 1 is 1.28 bits per heavy atom. The van der Waals surface area contributed by atoms with Crippen LogP contribution in [0.2, 0.25) is 0 Å². The van der Waals surface area contributed by atoms with Crippen LogP contribution in [0.1, 0.15) is 38.9 Å². The number of hydrogen-bond acceptors (Lipinski definition) is 2. The third kappa shape index (κ3) is 4.03. The topological polar surface area (TPSA) is 32.3 Å². The molecule has 18 heavy (non-hydrogen) atoms. The van der Waals surface area contributed by atoms with Crippen LogP contribution in [0.3, 0.4) is 0 Å². The Labute approximate surface area is 107 Å². The average Bonchev–Trinajstić information content (AvgIpc) is 2.28. The van der Waals surface area contributed by atoms with Crippen molar-refractivity contribution in [3.8, 4) is 0 Å². The average molecular weight is 257 g/mol. The predicted molar refractivity (Wildman–Crippen MR) is 68.3 cm³/mol. The van der Waals surface area contributed by atoms with E-state index < -0.39 is 17.7 Å². The summed E-state index contributed by atoms with van der Waals surface area (Å²) in [6.45, 7) is 7.10. The van der Waals surface area contributed by atoms with Gasteiger partial charge in [-0.25, -0.2) is 8.78 Å². The van der Waals surface area contributed by atoms with E-state index >= 15 is 0 Å². The lowest BCUT2D eigenvalue weighted by atomic mass is 9.90. The molecule has 0 radical (unpaired) electrons. The minimum atomic E-state index is -1.17. The highest BCUT2D eigenvalue weighted by atomic mass is 19.1. The molecule has 0 bridgehead atoms. The molecule has 0 saturated carbocycles. The van der Waals surface area contributed by atoms with Crippen molar-refractivity contribution >= 4 is 0 Å². The smallest absolute Gasteiger partial charge is 0.131 e. The van der Waals surface area contributed by atoms with Gasteiger partial charge < -0.3 is 10.4 Å². The monoisotopic (exact) mass is 257 g/mol. The Bertz CT molecular complexity index is 373. The molecule has 0 heterocycles. The van der Waals surface area contributed by atoms with Crippen LogP contribution in [0, 0.1) is 17.0 Å². The van der Waals surface area contributed by atoms with Gasteiger partial charge in [-0.2, -0.15) is 0 Å². The van der Waals surface area contributed by atoms with E-state index in [-0.39, 0.29) is 17.5 Å². The lowest BCUT2D eigenvalue weighted by Crippen LogP contribution is -2.32. The highest BCUT2D eigenvalue weighted by molar-refractivity contribution is 5.22. The first-order valence-corrected chi connectivity index (χ1v) is 6.20. The van der Waals surface area contributed by atoms with Crippen molar-refractivity contribution in [1.29, 1.82) is 0 Å². The summed E-state index contributed by atoms with van der Waals surface area (Å²) in [5.74, 6) is -1.42. The van der Waals surface area contributed by atoms with Crippen molar-refractivity contribution < 1.29 is 13.9 Å². The second-order valence-electron chi connectivity index (χ2n) is 5.30. The van der Waals surface area contributed by atoms with Gasteiger partial charge >= 0.3 is 0 Å². The molecule has 0 aliphatic carbocycles. The molecule has 102 valence electrons. The largest absolute Gasteiger partial charge is 0.387 e. The Hall–Kier alpha value is -1.00. The summed E-state index contributed by atoms with van der Waals surface area (Å²) in [5.41, 5.74) is -0.160. The predicted octanol–water partition coefficient (Wildman–Crippen LogP) is 3.02. The molecule has 0 spiro atoms. The van der Waals surface area contributed by atoms with Crippen LogP contribution in [0.5, 0.6) is 0 Å². The van der Waals surface area contributed by atoms with Crippen LogP contribution >= 0.6 is 0 Å². The molecule has 1 aromatic carbocycles. The number of hydrogen-bond donors (Lipinski definition) is 2.